The number of carbonyl (C=O) groups excluding carboxylic acids is 1. The maximum absolute atomic E-state index is 10.7. The Morgan fingerprint density at radius 2 is 2.24 bits per heavy atom. The molecule has 0 aromatic heterocycles. The number of hydrogen-bond acceptors (Lipinski definition) is 2. The quantitative estimate of drug-likeness (QED) is 0.717. The fourth-order valence-corrected chi connectivity index (χ4v) is 2.24. The second-order valence-corrected chi connectivity index (χ2v) is 5.12. The minimum Gasteiger partial charge on any atom is -0.371 e. The van der Waals surface area contributed by atoms with Gasteiger partial charge in [-0.2, -0.15) is 0 Å². The van der Waals surface area contributed by atoms with Crippen molar-refractivity contribution in [2.45, 2.75) is 26.2 Å². The van der Waals surface area contributed by atoms with Gasteiger partial charge in [0.25, 0.3) is 0 Å². The molecular formula is C14H18ClNO. The molecule has 0 atom stereocenters. The fourth-order valence-electron chi connectivity index (χ4n) is 2.02. The van der Waals surface area contributed by atoms with Gasteiger partial charge in [-0.15, -0.1) is 0 Å². The average molecular weight is 252 g/mol. The van der Waals surface area contributed by atoms with E-state index in [0.717, 1.165) is 37.4 Å². The monoisotopic (exact) mass is 251 g/mol. The lowest BCUT2D eigenvalue weighted by atomic mass is 10.2. The first-order valence-electron chi connectivity index (χ1n) is 6.24. The van der Waals surface area contributed by atoms with Crippen LogP contribution in [0.5, 0.6) is 0 Å². The van der Waals surface area contributed by atoms with E-state index in [9.17, 15) is 4.79 Å². The molecule has 1 aromatic carbocycles. The average Bonchev–Trinajstić information content (AvgIpc) is 3.12. The largest absolute Gasteiger partial charge is 0.371 e. The zero-order valence-corrected chi connectivity index (χ0v) is 10.9. The Morgan fingerprint density at radius 1 is 1.47 bits per heavy atom. The number of rotatable bonds is 6. The Labute approximate surface area is 108 Å². The smallest absolute Gasteiger partial charge is 0.151 e. The Morgan fingerprint density at radius 3 is 2.76 bits per heavy atom. The van der Waals surface area contributed by atoms with E-state index in [0.29, 0.717) is 10.6 Å². The van der Waals surface area contributed by atoms with Crippen LogP contribution in [0.2, 0.25) is 5.02 Å². The van der Waals surface area contributed by atoms with Gasteiger partial charge in [0.15, 0.2) is 6.29 Å². The van der Waals surface area contributed by atoms with E-state index in [4.69, 9.17) is 11.6 Å². The summed E-state index contributed by atoms with van der Waals surface area (Å²) in [6, 6.07) is 5.71. The van der Waals surface area contributed by atoms with Crippen LogP contribution in [-0.4, -0.2) is 19.4 Å². The van der Waals surface area contributed by atoms with E-state index in [1.54, 1.807) is 6.07 Å². The fraction of sp³-hybridized carbons (Fsp3) is 0.500. The Balaban J connectivity index is 2.15. The molecule has 92 valence electrons. The van der Waals surface area contributed by atoms with Crippen LogP contribution in [0.15, 0.2) is 18.2 Å². The molecule has 0 bridgehead atoms. The number of aldehydes is 1. The van der Waals surface area contributed by atoms with Crippen molar-refractivity contribution in [3.05, 3.63) is 28.8 Å². The summed E-state index contributed by atoms with van der Waals surface area (Å²) in [7, 11) is 0. The van der Waals surface area contributed by atoms with Crippen LogP contribution in [0.3, 0.4) is 0 Å². The minimum absolute atomic E-state index is 0.550. The van der Waals surface area contributed by atoms with Gasteiger partial charge >= 0.3 is 0 Å². The SMILES string of the molecule is CCCN(CC1CC1)c1ccc(C=O)c(Cl)c1. The van der Waals surface area contributed by atoms with Crippen molar-refractivity contribution in [2.24, 2.45) is 5.92 Å². The molecular weight excluding hydrogens is 234 g/mol. The highest BCUT2D eigenvalue weighted by molar-refractivity contribution is 6.33. The number of benzene rings is 1. The maximum atomic E-state index is 10.7. The summed E-state index contributed by atoms with van der Waals surface area (Å²) in [5.74, 6) is 0.853. The van der Waals surface area contributed by atoms with Gasteiger partial charge in [-0.25, -0.2) is 0 Å². The second-order valence-electron chi connectivity index (χ2n) is 4.71. The highest BCUT2D eigenvalue weighted by Crippen LogP contribution is 2.32. The Bertz CT molecular complexity index is 401. The zero-order valence-electron chi connectivity index (χ0n) is 10.2. The zero-order chi connectivity index (χ0) is 12.3. The molecule has 0 unspecified atom stereocenters. The minimum atomic E-state index is 0.550. The molecule has 2 rings (SSSR count). The maximum Gasteiger partial charge on any atom is 0.151 e. The molecule has 0 heterocycles. The molecule has 0 amide bonds. The number of halogens is 1. The molecule has 1 aliphatic carbocycles. The van der Waals surface area contributed by atoms with Crippen LogP contribution < -0.4 is 4.90 Å². The van der Waals surface area contributed by atoms with E-state index in [-0.39, 0.29) is 0 Å². The van der Waals surface area contributed by atoms with E-state index in [2.05, 4.69) is 11.8 Å². The van der Waals surface area contributed by atoms with Crippen molar-refractivity contribution < 1.29 is 4.79 Å². The summed E-state index contributed by atoms with van der Waals surface area (Å²) < 4.78 is 0. The summed E-state index contributed by atoms with van der Waals surface area (Å²) in [4.78, 5) is 13.1. The molecule has 0 aliphatic heterocycles. The summed E-state index contributed by atoms with van der Waals surface area (Å²) in [6.07, 6.45) is 4.62. The van der Waals surface area contributed by atoms with Crippen molar-refractivity contribution in [2.75, 3.05) is 18.0 Å². The molecule has 0 N–H and O–H groups in total. The predicted octanol–water partition coefficient (Wildman–Crippen LogP) is 3.78. The first-order chi connectivity index (χ1) is 8.24. The third-order valence-corrected chi connectivity index (χ3v) is 3.47. The van der Waals surface area contributed by atoms with E-state index in [1.807, 2.05) is 12.1 Å². The highest BCUT2D eigenvalue weighted by Gasteiger charge is 2.24. The third-order valence-electron chi connectivity index (χ3n) is 3.15. The van der Waals surface area contributed by atoms with Crippen LogP contribution in [0.1, 0.15) is 36.5 Å². The molecule has 1 aliphatic rings. The van der Waals surface area contributed by atoms with E-state index < -0.39 is 0 Å². The van der Waals surface area contributed by atoms with Crippen molar-refractivity contribution in [1.29, 1.82) is 0 Å². The van der Waals surface area contributed by atoms with Gasteiger partial charge in [0.05, 0.1) is 5.02 Å². The summed E-state index contributed by atoms with van der Waals surface area (Å²) in [6.45, 7) is 4.35. The van der Waals surface area contributed by atoms with Gasteiger partial charge in [0, 0.05) is 24.3 Å². The normalized spacial score (nSPS) is 14.7. The Hall–Kier alpha value is -1.02. The lowest BCUT2D eigenvalue weighted by Gasteiger charge is -2.24. The summed E-state index contributed by atoms with van der Waals surface area (Å²) in [5.41, 5.74) is 1.70. The number of nitrogens with zero attached hydrogens (tertiary/aromatic N) is 1. The van der Waals surface area contributed by atoms with Gasteiger partial charge in [-0.3, -0.25) is 4.79 Å². The highest BCUT2D eigenvalue weighted by atomic mass is 35.5. The van der Waals surface area contributed by atoms with E-state index >= 15 is 0 Å². The van der Waals surface area contributed by atoms with Gasteiger partial charge in [0.1, 0.15) is 0 Å². The summed E-state index contributed by atoms with van der Waals surface area (Å²) >= 11 is 6.07. The van der Waals surface area contributed by atoms with Crippen LogP contribution in [0.4, 0.5) is 5.69 Å². The molecule has 1 saturated carbocycles. The first-order valence-corrected chi connectivity index (χ1v) is 6.62. The lowest BCUT2D eigenvalue weighted by molar-refractivity contribution is 0.112. The first kappa shape index (κ1) is 12.4. The number of hydrogen-bond donors (Lipinski definition) is 0. The molecule has 0 spiro atoms. The van der Waals surface area contributed by atoms with Crippen LogP contribution in [0.25, 0.3) is 0 Å². The van der Waals surface area contributed by atoms with E-state index in [1.165, 1.54) is 12.8 Å². The number of anilines is 1. The lowest BCUT2D eigenvalue weighted by Crippen LogP contribution is -2.26. The van der Waals surface area contributed by atoms with Crippen molar-refractivity contribution in [3.63, 3.8) is 0 Å². The standard InChI is InChI=1S/C14H18ClNO/c1-2-7-16(9-11-3-4-11)13-6-5-12(10-17)14(15)8-13/h5-6,8,10-11H,2-4,7,9H2,1H3. The molecule has 1 fully saturated rings. The third kappa shape index (κ3) is 3.22. The number of carbonyl (C=O) groups is 1. The van der Waals surface area contributed by atoms with Gasteiger partial charge < -0.3 is 4.90 Å². The van der Waals surface area contributed by atoms with Crippen molar-refractivity contribution in [1.82, 2.24) is 0 Å². The van der Waals surface area contributed by atoms with Crippen LogP contribution in [0, 0.1) is 5.92 Å². The predicted molar refractivity (Wildman–Crippen MR) is 72.1 cm³/mol. The van der Waals surface area contributed by atoms with Gasteiger partial charge in [-0.1, -0.05) is 18.5 Å². The molecule has 0 saturated heterocycles. The van der Waals surface area contributed by atoms with Crippen LogP contribution in [-0.2, 0) is 0 Å². The topological polar surface area (TPSA) is 20.3 Å². The molecule has 3 heteroatoms. The van der Waals surface area contributed by atoms with Crippen molar-refractivity contribution in [3.8, 4) is 0 Å². The second kappa shape index (κ2) is 5.54. The van der Waals surface area contributed by atoms with Gasteiger partial charge in [-0.05, 0) is 43.4 Å². The Kier molecular flexibility index (Phi) is 4.06. The van der Waals surface area contributed by atoms with Crippen LogP contribution >= 0.6 is 11.6 Å². The van der Waals surface area contributed by atoms with Gasteiger partial charge in [0.2, 0.25) is 0 Å². The van der Waals surface area contributed by atoms with Crippen molar-refractivity contribution >= 4 is 23.6 Å². The molecule has 2 nitrogen and oxygen atoms in total. The molecule has 1 aromatic rings. The summed E-state index contributed by atoms with van der Waals surface area (Å²) in [5, 5.41) is 0.550. The molecule has 0 radical (unpaired) electrons. The molecule has 17 heavy (non-hydrogen) atoms.